The number of thiophene rings is 1. The molecule has 7 heteroatoms. The first-order chi connectivity index (χ1) is 15.1. The number of carbonyl (C=O) groups excluding carboxylic acids is 2. The van der Waals surface area contributed by atoms with E-state index >= 15 is 0 Å². The Morgan fingerprint density at radius 3 is 2.42 bits per heavy atom. The molecule has 0 atom stereocenters. The highest BCUT2D eigenvalue weighted by atomic mass is 32.1. The van der Waals surface area contributed by atoms with Gasteiger partial charge in [0.15, 0.2) is 0 Å². The van der Waals surface area contributed by atoms with E-state index in [1.54, 1.807) is 49.6 Å². The molecule has 0 fully saturated rings. The number of ether oxygens (including phenoxy) is 2. The zero-order valence-electron chi connectivity index (χ0n) is 17.3. The topological polar surface area (TPSA) is 67.9 Å². The molecule has 158 valence electrons. The van der Waals surface area contributed by atoms with Crippen molar-refractivity contribution in [1.82, 2.24) is 0 Å². The number of hydrogen-bond donors (Lipinski definition) is 1. The summed E-state index contributed by atoms with van der Waals surface area (Å²) in [6.07, 6.45) is 0.819. The van der Waals surface area contributed by atoms with Crippen molar-refractivity contribution in [3.8, 4) is 11.5 Å². The second-order valence-corrected chi connectivity index (χ2v) is 7.79. The third-order valence-corrected chi connectivity index (χ3v) is 5.67. The highest BCUT2D eigenvalue weighted by Crippen LogP contribution is 2.39. The van der Waals surface area contributed by atoms with E-state index in [4.69, 9.17) is 9.47 Å². The number of nitrogens with zero attached hydrogens (tertiary/aromatic N) is 1. The molecule has 3 aromatic rings. The highest BCUT2D eigenvalue weighted by molar-refractivity contribution is 7.11. The normalized spacial score (nSPS) is 13.7. The van der Waals surface area contributed by atoms with Gasteiger partial charge in [0.25, 0.3) is 11.8 Å². The molecule has 31 heavy (non-hydrogen) atoms. The number of nitrogens with one attached hydrogen (secondary N) is 1. The minimum absolute atomic E-state index is 0.239. The van der Waals surface area contributed by atoms with Crippen molar-refractivity contribution >= 4 is 40.1 Å². The van der Waals surface area contributed by atoms with Gasteiger partial charge >= 0.3 is 0 Å². The number of amides is 2. The fourth-order valence-corrected chi connectivity index (χ4v) is 4.08. The molecule has 0 bridgehead atoms. The van der Waals surface area contributed by atoms with Crippen LogP contribution in [0.5, 0.6) is 11.5 Å². The van der Waals surface area contributed by atoms with Crippen molar-refractivity contribution in [3.05, 3.63) is 76.6 Å². The zero-order chi connectivity index (χ0) is 21.8. The molecule has 1 N–H and O–H groups in total. The summed E-state index contributed by atoms with van der Waals surface area (Å²) in [5.74, 6) is 0.408. The van der Waals surface area contributed by atoms with Crippen LogP contribution in [-0.4, -0.2) is 25.5 Å². The Balaban J connectivity index is 1.75. The van der Waals surface area contributed by atoms with Crippen LogP contribution in [0.25, 0.3) is 5.57 Å². The van der Waals surface area contributed by atoms with Crippen LogP contribution in [-0.2, 0) is 9.59 Å². The third-order valence-electron chi connectivity index (χ3n) is 4.78. The van der Waals surface area contributed by atoms with E-state index in [0.717, 1.165) is 11.3 Å². The first-order valence-electron chi connectivity index (χ1n) is 9.94. The Kier molecular flexibility index (Phi) is 6.04. The fraction of sp³-hybridized carbons (Fsp3) is 0.167. The Bertz CT molecular complexity index is 1120. The highest BCUT2D eigenvalue weighted by Gasteiger charge is 2.41. The molecule has 2 heterocycles. The maximum atomic E-state index is 13.5. The van der Waals surface area contributed by atoms with E-state index in [1.165, 1.54) is 16.2 Å². The number of anilines is 2. The first kappa shape index (κ1) is 20.7. The fourth-order valence-electron chi connectivity index (χ4n) is 3.31. The summed E-state index contributed by atoms with van der Waals surface area (Å²) in [4.78, 5) is 28.9. The molecule has 0 radical (unpaired) electrons. The second kappa shape index (κ2) is 9.06. The molecule has 0 saturated heterocycles. The van der Waals surface area contributed by atoms with Crippen LogP contribution in [0.1, 0.15) is 18.2 Å². The van der Waals surface area contributed by atoms with Crippen LogP contribution in [0.3, 0.4) is 0 Å². The maximum Gasteiger partial charge on any atom is 0.282 e. The van der Waals surface area contributed by atoms with Gasteiger partial charge in [-0.3, -0.25) is 9.59 Å². The van der Waals surface area contributed by atoms with Crippen LogP contribution in [0.15, 0.2) is 71.7 Å². The molecule has 6 nitrogen and oxygen atoms in total. The summed E-state index contributed by atoms with van der Waals surface area (Å²) in [5.41, 5.74) is 1.71. The molecule has 0 aliphatic carbocycles. The quantitative estimate of drug-likeness (QED) is 0.509. The van der Waals surface area contributed by atoms with E-state index in [9.17, 15) is 9.59 Å². The zero-order valence-corrected chi connectivity index (χ0v) is 18.1. The summed E-state index contributed by atoms with van der Waals surface area (Å²) in [6.45, 7) is 2.50. The van der Waals surface area contributed by atoms with Gasteiger partial charge in [-0.1, -0.05) is 25.1 Å². The largest absolute Gasteiger partial charge is 0.497 e. The molecular formula is C24H22N2O4S. The van der Waals surface area contributed by atoms with Gasteiger partial charge in [-0.15, -0.1) is 11.3 Å². The first-order valence-corrected chi connectivity index (χ1v) is 10.8. The minimum atomic E-state index is -0.420. The molecule has 1 aromatic heterocycles. The third kappa shape index (κ3) is 4.04. The Morgan fingerprint density at radius 2 is 1.74 bits per heavy atom. The molecule has 2 amide bonds. The van der Waals surface area contributed by atoms with Crippen molar-refractivity contribution < 1.29 is 19.1 Å². The number of carbonyl (C=O) groups is 2. The van der Waals surface area contributed by atoms with Crippen molar-refractivity contribution in [2.45, 2.75) is 13.3 Å². The number of rotatable bonds is 8. The van der Waals surface area contributed by atoms with Crippen molar-refractivity contribution in [2.75, 3.05) is 23.9 Å². The lowest BCUT2D eigenvalue weighted by Gasteiger charge is -2.19. The SMILES string of the molecule is CCCOc1ccccc1N1C(=O)C(Nc2ccc(OC)cc2)=C(c2cccs2)C1=O. The summed E-state index contributed by atoms with van der Waals surface area (Å²) in [7, 11) is 1.59. The van der Waals surface area contributed by atoms with Gasteiger partial charge in [0.1, 0.15) is 17.2 Å². The molecule has 1 aliphatic rings. The number of benzene rings is 2. The van der Waals surface area contributed by atoms with Gasteiger partial charge in [0.05, 0.1) is 25.0 Å². The van der Waals surface area contributed by atoms with Gasteiger partial charge in [-0.05, 0) is 54.3 Å². The van der Waals surface area contributed by atoms with Crippen LogP contribution >= 0.6 is 11.3 Å². The summed E-state index contributed by atoms with van der Waals surface area (Å²) >= 11 is 1.41. The van der Waals surface area contributed by atoms with E-state index < -0.39 is 5.91 Å². The average molecular weight is 435 g/mol. The summed E-state index contributed by atoms with van der Waals surface area (Å²) in [6, 6.07) is 18.0. The van der Waals surface area contributed by atoms with Crippen LogP contribution < -0.4 is 19.7 Å². The molecule has 2 aromatic carbocycles. The molecule has 4 rings (SSSR count). The number of hydrogen-bond acceptors (Lipinski definition) is 6. The summed E-state index contributed by atoms with van der Waals surface area (Å²) < 4.78 is 11.0. The van der Waals surface area contributed by atoms with Gasteiger partial charge < -0.3 is 14.8 Å². The van der Waals surface area contributed by atoms with Crippen molar-refractivity contribution in [2.24, 2.45) is 0 Å². The maximum absolute atomic E-state index is 13.5. The summed E-state index contributed by atoms with van der Waals surface area (Å²) in [5, 5.41) is 5.03. The van der Waals surface area contributed by atoms with E-state index in [-0.39, 0.29) is 11.6 Å². The Hall–Kier alpha value is -3.58. The second-order valence-electron chi connectivity index (χ2n) is 6.84. The molecule has 0 saturated carbocycles. The molecule has 1 aliphatic heterocycles. The average Bonchev–Trinajstić information content (AvgIpc) is 3.40. The standard InChI is InChI=1S/C24H22N2O4S/c1-3-14-30-19-8-5-4-7-18(19)26-23(27)21(20-9-6-15-31-20)22(24(26)28)25-16-10-12-17(29-2)13-11-16/h4-13,15,25H,3,14H2,1-2H3. The lowest BCUT2D eigenvalue weighted by Crippen LogP contribution is -2.32. The Morgan fingerprint density at radius 1 is 0.968 bits per heavy atom. The van der Waals surface area contributed by atoms with Crippen molar-refractivity contribution in [1.29, 1.82) is 0 Å². The monoisotopic (exact) mass is 434 g/mol. The van der Waals surface area contributed by atoms with Crippen LogP contribution in [0.4, 0.5) is 11.4 Å². The van der Waals surface area contributed by atoms with Gasteiger partial charge in [0, 0.05) is 10.6 Å². The number of methoxy groups -OCH3 is 1. The minimum Gasteiger partial charge on any atom is -0.497 e. The van der Waals surface area contributed by atoms with Gasteiger partial charge in [-0.25, -0.2) is 4.90 Å². The lowest BCUT2D eigenvalue weighted by molar-refractivity contribution is -0.120. The van der Waals surface area contributed by atoms with Gasteiger partial charge in [-0.2, -0.15) is 0 Å². The smallest absolute Gasteiger partial charge is 0.282 e. The predicted molar refractivity (Wildman–Crippen MR) is 123 cm³/mol. The number of imide groups is 1. The molecular weight excluding hydrogens is 412 g/mol. The predicted octanol–water partition coefficient (Wildman–Crippen LogP) is 4.94. The van der Waals surface area contributed by atoms with Crippen molar-refractivity contribution in [3.63, 3.8) is 0 Å². The van der Waals surface area contributed by atoms with E-state index in [1.807, 2.05) is 30.5 Å². The van der Waals surface area contributed by atoms with E-state index in [2.05, 4.69) is 5.32 Å². The number of para-hydroxylation sites is 2. The van der Waals surface area contributed by atoms with Crippen LogP contribution in [0, 0.1) is 0 Å². The lowest BCUT2D eigenvalue weighted by atomic mass is 10.2. The van der Waals surface area contributed by atoms with E-state index in [0.29, 0.717) is 35.1 Å². The van der Waals surface area contributed by atoms with Gasteiger partial charge in [0.2, 0.25) is 0 Å². The Labute approximate surface area is 184 Å². The molecule has 0 unspecified atom stereocenters. The molecule has 0 spiro atoms. The van der Waals surface area contributed by atoms with Crippen LogP contribution in [0.2, 0.25) is 0 Å².